The SMILES string of the molecule is CCCNC(c1cccc(CC)c1)C1CCC1. The Balaban J connectivity index is 2.11. The summed E-state index contributed by atoms with van der Waals surface area (Å²) < 4.78 is 0. The zero-order valence-corrected chi connectivity index (χ0v) is 11.2. The van der Waals surface area contributed by atoms with Gasteiger partial charge in [0, 0.05) is 6.04 Å². The van der Waals surface area contributed by atoms with Crippen LogP contribution in [-0.2, 0) is 6.42 Å². The summed E-state index contributed by atoms with van der Waals surface area (Å²) in [6, 6.07) is 9.74. The minimum Gasteiger partial charge on any atom is -0.310 e. The minimum atomic E-state index is 0.593. The molecule has 0 spiro atoms. The highest BCUT2D eigenvalue weighted by Gasteiger charge is 2.27. The Morgan fingerprint density at radius 2 is 2.12 bits per heavy atom. The van der Waals surface area contributed by atoms with Crippen LogP contribution < -0.4 is 5.32 Å². The highest BCUT2D eigenvalue weighted by molar-refractivity contribution is 5.27. The molecule has 0 saturated heterocycles. The van der Waals surface area contributed by atoms with Gasteiger partial charge in [0.25, 0.3) is 0 Å². The van der Waals surface area contributed by atoms with E-state index < -0.39 is 0 Å². The highest BCUT2D eigenvalue weighted by atomic mass is 14.9. The molecule has 1 aliphatic carbocycles. The smallest absolute Gasteiger partial charge is 0.0348 e. The van der Waals surface area contributed by atoms with Gasteiger partial charge in [-0.05, 0) is 49.3 Å². The Kier molecular flexibility index (Phi) is 4.61. The van der Waals surface area contributed by atoms with Crippen molar-refractivity contribution in [1.29, 1.82) is 0 Å². The average Bonchev–Trinajstić information content (AvgIpc) is 2.32. The second-order valence-electron chi connectivity index (χ2n) is 5.22. The summed E-state index contributed by atoms with van der Waals surface area (Å²) in [5.41, 5.74) is 2.97. The molecule has 1 aliphatic rings. The van der Waals surface area contributed by atoms with E-state index in [-0.39, 0.29) is 0 Å². The lowest BCUT2D eigenvalue weighted by atomic mass is 9.77. The second kappa shape index (κ2) is 6.20. The molecular weight excluding hydrogens is 206 g/mol. The van der Waals surface area contributed by atoms with Crippen LogP contribution in [0.15, 0.2) is 24.3 Å². The summed E-state index contributed by atoms with van der Waals surface area (Å²) in [5.74, 6) is 0.869. The Hall–Kier alpha value is -0.820. The van der Waals surface area contributed by atoms with Crippen molar-refractivity contribution in [3.63, 3.8) is 0 Å². The largest absolute Gasteiger partial charge is 0.310 e. The fourth-order valence-electron chi connectivity index (χ4n) is 2.64. The van der Waals surface area contributed by atoms with Crippen LogP contribution in [0.4, 0.5) is 0 Å². The van der Waals surface area contributed by atoms with Crippen molar-refractivity contribution in [2.75, 3.05) is 6.54 Å². The van der Waals surface area contributed by atoms with Gasteiger partial charge in [-0.25, -0.2) is 0 Å². The molecule has 94 valence electrons. The van der Waals surface area contributed by atoms with Crippen molar-refractivity contribution in [2.24, 2.45) is 5.92 Å². The molecule has 1 fully saturated rings. The van der Waals surface area contributed by atoms with Gasteiger partial charge in [0.15, 0.2) is 0 Å². The summed E-state index contributed by atoms with van der Waals surface area (Å²) in [7, 11) is 0. The van der Waals surface area contributed by atoms with Crippen molar-refractivity contribution in [3.8, 4) is 0 Å². The van der Waals surface area contributed by atoms with Gasteiger partial charge in [-0.2, -0.15) is 0 Å². The van der Waals surface area contributed by atoms with Crippen molar-refractivity contribution in [1.82, 2.24) is 5.32 Å². The van der Waals surface area contributed by atoms with Gasteiger partial charge >= 0.3 is 0 Å². The Bertz CT molecular complexity index is 341. The van der Waals surface area contributed by atoms with Gasteiger partial charge in [0.1, 0.15) is 0 Å². The molecule has 1 saturated carbocycles. The third-order valence-electron chi connectivity index (χ3n) is 3.95. The Morgan fingerprint density at radius 1 is 1.29 bits per heavy atom. The molecule has 1 aromatic carbocycles. The maximum atomic E-state index is 3.74. The summed E-state index contributed by atoms with van der Waals surface area (Å²) >= 11 is 0. The molecule has 1 aromatic rings. The first kappa shape index (κ1) is 12.6. The molecule has 1 heteroatoms. The zero-order chi connectivity index (χ0) is 12.1. The Labute approximate surface area is 106 Å². The van der Waals surface area contributed by atoms with Gasteiger partial charge in [0.2, 0.25) is 0 Å². The minimum absolute atomic E-state index is 0.593. The third kappa shape index (κ3) is 3.10. The summed E-state index contributed by atoms with van der Waals surface area (Å²) in [6.45, 7) is 5.61. The van der Waals surface area contributed by atoms with Gasteiger partial charge < -0.3 is 5.32 Å². The molecule has 0 amide bonds. The lowest BCUT2D eigenvalue weighted by Gasteiger charge is -2.35. The normalized spacial score (nSPS) is 17.8. The number of rotatable bonds is 6. The third-order valence-corrected chi connectivity index (χ3v) is 3.95. The lowest BCUT2D eigenvalue weighted by molar-refractivity contribution is 0.231. The number of benzene rings is 1. The molecule has 1 nitrogen and oxygen atoms in total. The molecule has 1 unspecified atom stereocenters. The molecule has 0 aromatic heterocycles. The molecule has 0 aliphatic heterocycles. The van der Waals surface area contributed by atoms with E-state index in [2.05, 4.69) is 43.4 Å². The van der Waals surface area contributed by atoms with Crippen molar-refractivity contribution >= 4 is 0 Å². The fourth-order valence-corrected chi connectivity index (χ4v) is 2.64. The van der Waals surface area contributed by atoms with E-state index in [9.17, 15) is 0 Å². The second-order valence-corrected chi connectivity index (χ2v) is 5.22. The van der Waals surface area contributed by atoms with Crippen LogP contribution in [0, 0.1) is 5.92 Å². The first-order chi connectivity index (χ1) is 8.35. The van der Waals surface area contributed by atoms with E-state index in [0.29, 0.717) is 6.04 Å². The highest BCUT2D eigenvalue weighted by Crippen LogP contribution is 2.37. The number of aryl methyl sites for hydroxylation is 1. The average molecular weight is 231 g/mol. The molecule has 1 N–H and O–H groups in total. The van der Waals surface area contributed by atoms with Crippen molar-refractivity contribution in [2.45, 2.75) is 52.0 Å². The van der Waals surface area contributed by atoms with Crippen LogP contribution in [0.2, 0.25) is 0 Å². The van der Waals surface area contributed by atoms with Crippen LogP contribution in [0.25, 0.3) is 0 Å². The molecular formula is C16H25N. The van der Waals surface area contributed by atoms with Crippen LogP contribution in [0.5, 0.6) is 0 Å². The molecule has 0 bridgehead atoms. The number of hydrogen-bond donors (Lipinski definition) is 1. The first-order valence-corrected chi connectivity index (χ1v) is 7.17. The van der Waals surface area contributed by atoms with E-state index in [1.807, 2.05) is 0 Å². The van der Waals surface area contributed by atoms with Gasteiger partial charge in [-0.3, -0.25) is 0 Å². The molecule has 17 heavy (non-hydrogen) atoms. The monoisotopic (exact) mass is 231 g/mol. The number of hydrogen-bond acceptors (Lipinski definition) is 1. The van der Waals surface area contributed by atoms with E-state index in [0.717, 1.165) is 18.9 Å². The standard InChI is InChI=1S/C16H25N/c1-3-11-17-16(14-8-6-9-14)15-10-5-7-13(4-2)12-15/h5,7,10,12,14,16-17H,3-4,6,8-9,11H2,1-2H3. The van der Waals surface area contributed by atoms with Crippen LogP contribution in [-0.4, -0.2) is 6.54 Å². The van der Waals surface area contributed by atoms with Crippen LogP contribution in [0.3, 0.4) is 0 Å². The molecule has 0 heterocycles. The summed E-state index contributed by atoms with van der Waals surface area (Å²) in [4.78, 5) is 0. The molecule has 2 rings (SSSR count). The molecule has 0 radical (unpaired) electrons. The van der Waals surface area contributed by atoms with E-state index in [1.165, 1.54) is 36.8 Å². The van der Waals surface area contributed by atoms with Gasteiger partial charge in [-0.15, -0.1) is 0 Å². The van der Waals surface area contributed by atoms with Crippen molar-refractivity contribution < 1.29 is 0 Å². The van der Waals surface area contributed by atoms with E-state index in [4.69, 9.17) is 0 Å². The van der Waals surface area contributed by atoms with Gasteiger partial charge in [0.05, 0.1) is 0 Å². The van der Waals surface area contributed by atoms with E-state index >= 15 is 0 Å². The fraction of sp³-hybridized carbons (Fsp3) is 0.625. The predicted octanol–water partition coefficient (Wildman–Crippen LogP) is 4.09. The lowest BCUT2D eigenvalue weighted by Crippen LogP contribution is -2.32. The summed E-state index contributed by atoms with van der Waals surface area (Å²) in [6.07, 6.45) is 6.58. The maximum absolute atomic E-state index is 3.74. The van der Waals surface area contributed by atoms with Crippen molar-refractivity contribution in [3.05, 3.63) is 35.4 Å². The topological polar surface area (TPSA) is 12.0 Å². The van der Waals surface area contributed by atoms with Gasteiger partial charge in [-0.1, -0.05) is 44.5 Å². The summed E-state index contributed by atoms with van der Waals surface area (Å²) in [5, 5.41) is 3.74. The zero-order valence-electron chi connectivity index (χ0n) is 11.2. The first-order valence-electron chi connectivity index (χ1n) is 7.17. The maximum Gasteiger partial charge on any atom is 0.0348 e. The van der Waals surface area contributed by atoms with E-state index in [1.54, 1.807) is 0 Å². The Morgan fingerprint density at radius 3 is 2.71 bits per heavy atom. The predicted molar refractivity (Wildman–Crippen MR) is 74.2 cm³/mol. The van der Waals surface area contributed by atoms with Crippen LogP contribution >= 0.6 is 0 Å². The number of nitrogens with one attached hydrogen (secondary N) is 1. The quantitative estimate of drug-likeness (QED) is 0.777. The molecule has 1 atom stereocenters. The van der Waals surface area contributed by atoms with Crippen LogP contribution in [0.1, 0.15) is 56.7 Å².